The van der Waals surface area contributed by atoms with Crippen LogP contribution in [0.25, 0.3) is 28.0 Å². The molecule has 0 radical (unpaired) electrons. The lowest BCUT2D eigenvalue weighted by molar-refractivity contribution is 0.572. The van der Waals surface area contributed by atoms with Gasteiger partial charge in [-0.3, -0.25) is 0 Å². The number of benzene rings is 2. The summed E-state index contributed by atoms with van der Waals surface area (Å²) in [6.07, 6.45) is 6.46. The van der Waals surface area contributed by atoms with Crippen LogP contribution in [0.2, 0.25) is 0 Å². The van der Waals surface area contributed by atoms with Gasteiger partial charge in [0.1, 0.15) is 12.1 Å². The highest BCUT2D eigenvalue weighted by molar-refractivity contribution is 5.89. The molecule has 0 amide bonds. The summed E-state index contributed by atoms with van der Waals surface area (Å²) in [4.78, 5) is 12.8. The number of nitrogens with one attached hydrogen (secondary N) is 1. The number of anilines is 2. The van der Waals surface area contributed by atoms with Gasteiger partial charge in [-0.25, -0.2) is 19.6 Å². The number of nitrogens with zero attached hydrogens (tertiary/aromatic N) is 5. The molecular formula is C22H18N6O. The van der Waals surface area contributed by atoms with E-state index in [4.69, 9.17) is 4.42 Å². The Labute approximate surface area is 167 Å². The third kappa shape index (κ3) is 3.12. The third-order valence-electron chi connectivity index (χ3n) is 4.81. The van der Waals surface area contributed by atoms with Crippen LogP contribution in [0.5, 0.6) is 0 Å². The van der Waals surface area contributed by atoms with Crippen molar-refractivity contribution in [1.82, 2.24) is 24.7 Å². The fourth-order valence-corrected chi connectivity index (χ4v) is 3.38. The van der Waals surface area contributed by atoms with Gasteiger partial charge in [-0.2, -0.15) is 5.10 Å². The number of fused-ring (bicyclic) bond motifs is 1. The normalized spacial score (nSPS) is 11.1. The SMILES string of the molecule is Cc1ccc(-n2ncc3c(Nc4ccc(-c5cnco5)cc4)ncnc32)c(C)c1. The predicted octanol–water partition coefficient (Wildman–Crippen LogP) is 4.83. The largest absolute Gasteiger partial charge is 0.444 e. The van der Waals surface area contributed by atoms with Gasteiger partial charge in [-0.1, -0.05) is 17.7 Å². The van der Waals surface area contributed by atoms with Gasteiger partial charge in [0.25, 0.3) is 0 Å². The summed E-state index contributed by atoms with van der Waals surface area (Å²) in [5.74, 6) is 1.44. The fourth-order valence-electron chi connectivity index (χ4n) is 3.38. The van der Waals surface area contributed by atoms with Crippen molar-refractivity contribution in [1.29, 1.82) is 0 Å². The van der Waals surface area contributed by atoms with Crippen LogP contribution in [0, 0.1) is 13.8 Å². The molecule has 0 saturated heterocycles. The van der Waals surface area contributed by atoms with Crippen molar-refractivity contribution in [2.75, 3.05) is 5.32 Å². The number of hydrogen-bond acceptors (Lipinski definition) is 6. The van der Waals surface area contributed by atoms with Gasteiger partial charge in [0, 0.05) is 11.3 Å². The molecule has 1 N–H and O–H groups in total. The van der Waals surface area contributed by atoms with Gasteiger partial charge in [0.15, 0.2) is 17.8 Å². The molecule has 7 nitrogen and oxygen atoms in total. The van der Waals surface area contributed by atoms with E-state index in [2.05, 4.69) is 57.4 Å². The molecule has 0 saturated carbocycles. The summed E-state index contributed by atoms with van der Waals surface area (Å²) >= 11 is 0. The first-order chi connectivity index (χ1) is 14.2. The first-order valence-electron chi connectivity index (χ1n) is 9.21. The van der Waals surface area contributed by atoms with E-state index in [-0.39, 0.29) is 0 Å². The molecule has 2 aromatic carbocycles. The lowest BCUT2D eigenvalue weighted by atomic mass is 10.1. The van der Waals surface area contributed by atoms with Crippen molar-refractivity contribution in [3.63, 3.8) is 0 Å². The fraction of sp³-hybridized carbons (Fsp3) is 0.0909. The maximum atomic E-state index is 5.33. The zero-order valence-electron chi connectivity index (χ0n) is 16.0. The summed E-state index contributed by atoms with van der Waals surface area (Å²) in [5, 5.41) is 8.77. The number of aromatic nitrogens is 5. The Morgan fingerprint density at radius 3 is 2.59 bits per heavy atom. The molecule has 0 aliphatic rings. The van der Waals surface area contributed by atoms with Gasteiger partial charge >= 0.3 is 0 Å². The molecule has 5 rings (SSSR count). The highest BCUT2D eigenvalue weighted by Gasteiger charge is 2.13. The van der Waals surface area contributed by atoms with Crippen molar-refractivity contribution in [2.45, 2.75) is 13.8 Å². The van der Waals surface area contributed by atoms with E-state index in [1.165, 1.54) is 12.0 Å². The van der Waals surface area contributed by atoms with E-state index in [1.54, 1.807) is 18.7 Å². The molecule has 142 valence electrons. The number of aryl methyl sites for hydroxylation is 2. The monoisotopic (exact) mass is 382 g/mol. The maximum absolute atomic E-state index is 5.33. The lowest BCUT2D eigenvalue weighted by Crippen LogP contribution is -2.01. The van der Waals surface area contributed by atoms with Crippen LogP contribution in [0.1, 0.15) is 11.1 Å². The molecular weight excluding hydrogens is 364 g/mol. The van der Waals surface area contributed by atoms with Crippen LogP contribution in [-0.4, -0.2) is 24.7 Å². The average Bonchev–Trinajstić information content (AvgIpc) is 3.39. The molecule has 29 heavy (non-hydrogen) atoms. The summed E-state index contributed by atoms with van der Waals surface area (Å²) in [6.45, 7) is 4.15. The first-order valence-corrected chi connectivity index (χ1v) is 9.21. The molecule has 3 aromatic heterocycles. The smallest absolute Gasteiger partial charge is 0.181 e. The van der Waals surface area contributed by atoms with Crippen LogP contribution < -0.4 is 5.32 Å². The zero-order chi connectivity index (χ0) is 19.8. The minimum absolute atomic E-state index is 0.707. The second-order valence-electron chi connectivity index (χ2n) is 6.87. The molecule has 0 bridgehead atoms. The van der Waals surface area contributed by atoms with Gasteiger partial charge in [0.2, 0.25) is 0 Å². The molecule has 0 fully saturated rings. The van der Waals surface area contributed by atoms with E-state index in [0.29, 0.717) is 5.82 Å². The zero-order valence-corrected chi connectivity index (χ0v) is 16.0. The number of oxazole rings is 1. The maximum Gasteiger partial charge on any atom is 0.181 e. The highest BCUT2D eigenvalue weighted by atomic mass is 16.3. The second-order valence-corrected chi connectivity index (χ2v) is 6.87. The summed E-state index contributed by atoms with van der Waals surface area (Å²) in [7, 11) is 0. The Balaban J connectivity index is 1.49. The van der Waals surface area contributed by atoms with Crippen LogP contribution >= 0.6 is 0 Å². The molecule has 5 aromatic rings. The van der Waals surface area contributed by atoms with E-state index >= 15 is 0 Å². The third-order valence-corrected chi connectivity index (χ3v) is 4.81. The Bertz CT molecular complexity index is 1290. The minimum atomic E-state index is 0.707. The van der Waals surface area contributed by atoms with Crippen molar-refractivity contribution in [2.24, 2.45) is 0 Å². The van der Waals surface area contributed by atoms with E-state index in [9.17, 15) is 0 Å². The van der Waals surface area contributed by atoms with Crippen molar-refractivity contribution in [3.05, 3.63) is 78.7 Å². The summed E-state index contributed by atoms with van der Waals surface area (Å²) < 4.78 is 7.19. The first kappa shape index (κ1) is 17.1. The molecule has 0 aliphatic carbocycles. The van der Waals surface area contributed by atoms with Gasteiger partial charge in [0.05, 0.1) is 23.5 Å². The predicted molar refractivity (Wildman–Crippen MR) is 111 cm³/mol. The van der Waals surface area contributed by atoms with Crippen LogP contribution in [-0.2, 0) is 0 Å². The Morgan fingerprint density at radius 1 is 0.966 bits per heavy atom. The van der Waals surface area contributed by atoms with Crippen LogP contribution in [0.4, 0.5) is 11.5 Å². The average molecular weight is 382 g/mol. The van der Waals surface area contributed by atoms with Crippen molar-refractivity contribution >= 4 is 22.5 Å². The topological polar surface area (TPSA) is 81.7 Å². The molecule has 0 unspecified atom stereocenters. The van der Waals surface area contributed by atoms with Crippen molar-refractivity contribution < 1.29 is 4.42 Å². The number of hydrogen-bond donors (Lipinski definition) is 1. The second kappa shape index (κ2) is 6.87. The summed E-state index contributed by atoms with van der Waals surface area (Å²) in [5.41, 5.74) is 6.00. The Morgan fingerprint density at radius 2 is 1.83 bits per heavy atom. The van der Waals surface area contributed by atoms with Gasteiger partial charge in [-0.15, -0.1) is 0 Å². The molecule has 0 aliphatic heterocycles. The Kier molecular flexibility index (Phi) is 4.05. The molecule has 0 atom stereocenters. The standard InChI is InChI=1S/C22H18N6O/c1-14-3-8-19(15(2)9-14)28-22-18(10-26-28)21(24-12-25-22)27-17-6-4-16(5-7-17)20-11-23-13-29-20/h3-13H,1-2H3,(H,24,25,27). The molecule has 3 heterocycles. The minimum Gasteiger partial charge on any atom is -0.444 e. The summed E-state index contributed by atoms with van der Waals surface area (Å²) in [6, 6.07) is 14.2. The number of rotatable bonds is 4. The van der Waals surface area contributed by atoms with E-state index in [0.717, 1.165) is 39.3 Å². The van der Waals surface area contributed by atoms with E-state index < -0.39 is 0 Å². The van der Waals surface area contributed by atoms with Crippen LogP contribution in [0.15, 0.2) is 72.0 Å². The van der Waals surface area contributed by atoms with Gasteiger partial charge in [-0.05, 0) is 49.7 Å². The van der Waals surface area contributed by atoms with Crippen molar-refractivity contribution in [3.8, 4) is 17.0 Å². The molecule has 7 heteroatoms. The highest BCUT2D eigenvalue weighted by Crippen LogP contribution is 2.27. The molecule has 0 spiro atoms. The quantitative estimate of drug-likeness (QED) is 0.479. The van der Waals surface area contributed by atoms with Gasteiger partial charge < -0.3 is 9.73 Å². The Hall–Kier alpha value is -4.00. The lowest BCUT2D eigenvalue weighted by Gasteiger charge is -2.09. The van der Waals surface area contributed by atoms with Crippen LogP contribution in [0.3, 0.4) is 0 Å². The van der Waals surface area contributed by atoms with E-state index in [1.807, 2.05) is 28.9 Å².